The molecule has 0 bridgehead atoms. The number of anilines is 1. The molecule has 2 amide bonds. The summed E-state index contributed by atoms with van der Waals surface area (Å²) in [6.45, 7) is 4.07. The monoisotopic (exact) mass is 321 g/mol. The molecule has 1 saturated heterocycles. The van der Waals surface area contributed by atoms with Crippen molar-refractivity contribution in [3.8, 4) is 5.75 Å². The van der Waals surface area contributed by atoms with Crippen molar-refractivity contribution in [2.75, 3.05) is 18.6 Å². The number of rotatable bonds is 6. The lowest BCUT2D eigenvalue weighted by Gasteiger charge is -2.16. The van der Waals surface area contributed by atoms with Crippen LogP contribution in [0.1, 0.15) is 20.3 Å². The molecule has 2 atom stereocenters. The van der Waals surface area contributed by atoms with E-state index in [-0.39, 0.29) is 18.2 Å². The van der Waals surface area contributed by atoms with Crippen molar-refractivity contribution >= 4 is 23.5 Å². The van der Waals surface area contributed by atoms with Crippen LogP contribution in [0.3, 0.4) is 0 Å². The first-order chi connectivity index (χ1) is 11.0. The molecule has 2 N–H and O–H groups in total. The third-order valence-electron chi connectivity index (χ3n) is 3.68. The molecule has 0 saturated carbocycles. The van der Waals surface area contributed by atoms with Gasteiger partial charge in [-0.15, -0.1) is 0 Å². The van der Waals surface area contributed by atoms with E-state index in [1.807, 2.05) is 6.92 Å². The van der Waals surface area contributed by atoms with Crippen LogP contribution in [0, 0.1) is 0 Å². The summed E-state index contributed by atoms with van der Waals surface area (Å²) in [6, 6.07) is 5.63. The number of amides is 2. The second-order valence-electron chi connectivity index (χ2n) is 5.31. The minimum Gasteiger partial charge on any atom is -0.494 e. The van der Waals surface area contributed by atoms with Crippen molar-refractivity contribution in [3.05, 3.63) is 24.3 Å². The molecule has 1 aromatic carbocycles. The highest BCUT2D eigenvalue weighted by molar-refractivity contribution is 6.21. The average molecular weight is 321 g/mol. The van der Waals surface area contributed by atoms with Crippen molar-refractivity contribution in [1.29, 1.82) is 0 Å². The number of benzene rings is 1. The van der Waals surface area contributed by atoms with Gasteiger partial charge in [0, 0.05) is 0 Å². The molecule has 0 unspecified atom stereocenters. The maximum Gasteiger partial charge on any atom is 0.364 e. The van der Waals surface area contributed by atoms with Gasteiger partial charge in [0.2, 0.25) is 5.91 Å². The van der Waals surface area contributed by atoms with Gasteiger partial charge in [0.15, 0.2) is 12.1 Å². The van der Waals surface area contributed by atoms with Crippen molar-refractivity contribution in [1.82, 2.24) is 0 Å². The van der Waals surface area contributed by atoms with Crippen molar-refractivity contribution in [3.63, 3.8) is 0 Å². The fourth-order valence-electron chi connectivity index (χ4n) is 2.55. The first kappa shape index (κ1) is 17.0. The Labute approximate surface area is 134 Å². The number of hydrogen-bond acceptors (Lipinski definition) is 5. The van der Waals surface area contributed by atoms with Crippen LogP contribution in [-0.4, -0.2) is 43.6 Å². The Morgan fingerprint density at radius 3 is 2.57 bits per heavy atom. The first-order valence-corrected chi connectivity index (χ1v) is 7.50. The van der Waals surface area contributed by atoms with Crippen LogP contribution < -0.4 is 15.0 Å². The molecule has 0 aromatic heterocycles. The molecule has 124 valence electrons. The molecule has 1 fully saturated rings. The Morgan fingerprint density at radius 1 is 1.35 bits per heavy atom. The van der Waals surface area contributed by atoms with E-state index in [1.165, 1.54) is 7.11 Å². The van der Waals surface area contributed by atoms with Crippen LogP contribution in [0.25, 0.3) is 0 Å². The number of hydrogen-bond donors (Lipinski definition) is 1. The number of nitrogens with two attached hydrogens (primary N) is 1. The lowest BCUT2D eigenvalue weighted by Crippen LogP contribution is -2.97. The molecule has 1 aromatic rings. The average Bonchev–Trinajstić information content (AvgIpc) is 2.82. The third-order valence-corrected chi connectivity index (χ3v) is 3.68. The van der Waals surface area contributed by atoms with Gasteiger partial charge in [-0.05, 0) is 38.1 Å². The fourth-order valence-corrected chi connectivity index (χ4v) is 2.55. The van der Waals surface area contributed by atoms with Gasteiger partial charge in [0.25, 0.3) is 5.91 Å². The fraction of sp³-hybridized carbons (Fsp3) is 0.438. The lowest BCUT2D eigenvalue weighted by molar-refractivity contribution is -0.693. The SMILES string of the molecule is CCOc1ccc(N2C(=O)C[C@@H]([NH2+][C@@H](C)C(=O)OC)C2=O)cc1. The third kappa shape index (κ3) is 3.68. The Bertz CT molecular complexity index is 599. The molecule has 1 aliphatic heterocycles. The minimum absolute atomic E-state index is 0.0629. The molecule has 23 heavy (non-hydrogen) atoms. The molecule has 2 rings (SSSR count). The smallest absolute Gasteiger partial charge is 0.364 e. The maximum atomic E-state index is 12.5. The van der Waals surface area contributed by atoms with E-state index in [9.17, 15) is 14.4 Å². The molecule has 1 aliphatic rings. The summed E-state index contributed by atoms with van der Waals surface area (Å²) in [7, 11) is 1.29. The summed E-state index contributed by atoms with van der Waals surface area (Å²) in [5, 5.41) is 1.57. The van der Waals surface area contributed by atoms with Crippen molar-refractivity contribution in [2.24, 2.45) is 0 Å². The Balaban J connectivity index is 2.10. The second kappa shape index (κ2) is 7.23. The first-order valence-electron chi connectivity index (χ1n) is 7.50. The van der Waals surface area contributed by atoms with Gasteiger partial charge in [-0.25, -0.2) is 9.69 Å². The highest BCUT2D eigenvalue weighted by atomic mass is 16.5. The molecule has 7 heteroatoms. The van der Waals surface area contributed by atoms with Gasteiger partial charge in [-0.1, -0.05) is 0 Å². The van der Waals surface area contributed by atoms with E-state index in [1.54, 1.807) is 36.5 Å². The van der Waals surface area contributed by atoms with Crippen LogP contribution in [0.5, 0.6) is 5.75 Å². The molecule has 7 nitrogen and oxygen atoms in total. The van der Waals surface area contributed by atoms with Crippen LogP contribution in [-0.2, 0) is 19.1 Å². The quantitative estimate of drug-likeness (QED) is 0.581. The topological polar surface area (TPSA) is 89.5 Å². The number of nitrogens with zero attached hydrogens (tertiary/aromatic N) is 1. The summed E-state index contributed by atoms with van der Waals surface area (Å²) in [6.07, 6.45) is 0.0629. The standard InChI is InChI=1S/C16H20N2O5/c1-4-23-12-7-5-11(6-8-12)18-14(19)9-13(15(18)20)17-10(2)16(21)22-3/h5-8,10,13,17H,4,9H2,1-3H3/p+1/t10-,13+/m0/s1. The largest absolute Gasteiger partial charge is 0.494 e. The molecule has 0 spiro atoms. The van der Waals surface area contributed by atoms with Crippen LogP contribution in [0.2, 0.25) is 0 Å². The van der Waals surface area contributed by atoms with E-state index >= 15 is 0 Å². The van der Waals surface area contributed by atoms with Crippen molar-refractivity contribution < 1.29 is 29.2 Å². The zero-order valence-corrected chi connectivity index (χ0v) is 13.4. The predicted octanol–water partition coefficient (Wildman–Crippen LogP) is -0.158. The number of imide groups is 1. The van der Waals surface area contributed by atoms with Gasteiger partial charge in [-0.2, -0.15) is 0 Å². The Morgan fingerprint density at radius 2 is 2.00 bits per heavy atom. The van der Waals surface area contributed by atoms with Crippen molar-refractivity contribution in [2.45, 2.75) is 32.4 Å². The molecular weight excluding hydrogens is 300 g/mol. The zero-order valence-electron chi connectivity index (χ0n) is 13.4. The summed E-state index contributed by atoms with van der Waals surface area (Å²) < 4.78 is 9.98. The predicted molar refractivity (Wildman–Crippen MR) is 81.9 cm³/mol. The van der Waals surface area contributed by atoms with Crippen LogP contribution in [0.4, 0.5) is 5.69 Å². The van der Waals surface area contributed by atoms with E-state index in [0.717, 1.165) is 4.90 Å². The Hall–Kier alpha value is -2.41. The normalized spacial score (nSPS) is 18.9. The van der Waals surface area contributed by atoms with E-state index < -0.39 is 18.1 Å². The van der Waals surface area contributed by atoms with Gasteiger partial charge >= 0.3 is 5.97 Å². The number of quaternary nitrogens is 1. The maximum absolute atomic E-state index is 12.5. The molecule has 0 radical (unpaired) electrons. The summed E-state index contributed by atoms with van der Waals surface area (Å²) >= 11 is 0. The van der Waals surface area contributed by atoms with Gasteiger partial charge in [0.1, 0.15) is 5.75 Å². The van der Waals surface area contributed by atoms with E-state index in [0.29, 0.717) is 18.0 Å². The van der Waals surface area contributed by atoms with Gasteiger partial charge < -0.3 is 14.8 Å². The number of carbonyl (C=O) groups is 3. The molecule has 1 heterocycles. The zero-order chi connectivity index (χ0) is 17.0. The van der Waals surface area contributed by atoms with Crippen LogP contribution >= 0.6 is 0 Å². The number of ether oxygens (including phenoxy) is 2. The highest BCUT2D eigenvalue weighted by Crippen LogP contribution is 2.24. The number of methoxy groups -OCH3 is 1. The number of carbonyl (C=O) groups excluding carboxylic acids is 3. The summed E-state index contributed by atoms with van der Waals surface area (Å²) in [4.78, 5) is 37.2. The highest BCUT2D eigenvalue weighted by Gasteiger charge is 2.43. The second-order valence-corrected chi connectivity index (χ2v) is 5.31. The molecular formula is C16H21N2O5+. The summed E-state index contributed by atoms with van der Waals surface area (Å²) in [5.41, 5.74) is 0.505. The van der Waals surface area contributed by atoms with Gasteiger partial charge in [0.05, 0.1) is 25.8 Å². The molecule has 0 aliphatic carbocycles. The Kier molecular flexibility index (Phi) is 5.33. The number of esters is 1. The summed E-state index contributed by atoms with van der Waals surface area (Å²) in [5.74, 6) is -0.352. The lowest BCUT2D eigenvalue weighted by atomic mass is 10.2. The minimum atomic E-state index is -0.608. The van der Waals surface area contributed by atoms with Gasteiger partial charge in [-0.3, -0.25) is 9.59 Å². The van der Waals surface area contributed by atoms with E-state index in [2.05, 4.69) is 4.74 Å². The van der Waals surface area contributed by atoms with Crippen LogP contribution in [0.15, 0.2) is 24.3 Å². The van der Waals surface area contributed by atoms with E-state index in [4.69, 9.17) is 4.74 Å².